The smallest absolute Gasteiger partial charge is 0.0536 e. The predicted octanol–water partition coefficient (Wildman–Crippen LogP) is 1.74. The summed E-state index contributed by atoms with van der Waals surface area (Å²) in [6.07, 6.45) is 6.63. The van der Waals surface area contributed by atoms with Gasteiger partial charge in [0.05, 0.1) is 6.54 Å². The van der Waals surface area contributed by atoms with Crippen molar-refractivity contribution in [2.45, 2.75) is 25.4 Å². The van der Waals surface area contributed by atoms with Gasteiger partial charge >= 0.3 is 0 Å². The van der Waals surface area contributed by atoms with Gasteiger partial charge in [0.1, 0.15) is 0 Å². The Bertz CT molecular complexity index is 256. The van der Waals surface area contributed by atoms with E-state index in [0.29, 0.717) is 0 Å². The van der Waals surface area contributed by atoms with E-state index in [2.05, 4.69) is 25.9 Å². The molecule has 2 rings (SSSR count). The molecule has 0 radical (unpaired) electrons. The minimum atomic E-state index is 0.850. The van der Waals surface area contributed by atoms with E-state index in [0.717, 1.165) is 31.0 Å². The van der Waals surface area contributed by atoms with Crippen LogP contribution in [0.4, 0.5) is 0 Å². The molecular weight excluding hydrogens is 242 g/mol. The van der Waals surface area contributed by atoms with Crippen molar-refractivity contribution in [3.8, 4) is 0 Å². The first-order valence-corrected chi connectivity index (χ1v) is 6.30. The summed E-state index contributed by atoms with van der Waals surface area (Å²) in [6, 6.07) is 2.83. The van der Waals surface area contributed by atoms with Crippen molar-refractivity contribution in [3.63, 3.8) is 0 Å². The summed E-state index contributed by atoms with van der Waals surface area (Å²) in [5.74, 6) is 0. The Kier molecular flexibility index (Phi) is 3.59. The maximum atomic E-state index is 4.21. The van der Waals surface area contributed by atoms with Crippen LogP contribution in [0.5, 0.6) is 0 Å². The van der Waals surface area contributed by atoms with E-state index in [4.69, 9.17) is 0 Å². The van der Waals surface area contributed by atoms with Gasteiger partial charge in [-0.25, -0.2) is 0 Å². The molecule has 1 heterocycles. The average Bonchev–Trinajstić information content (AvgIpc) is 2.90. The lowest BCUT2D eigenvalue weighted by atomic mass is 10.4. The van der Waals surface area contributed by atoms with Crippen molar-refractivity contribution in [1.29, 1.82) is 0 Å². The quantitative estimate of drug-likeness (QED) is 0.725. The number of halogens is 1. The highest BCUT2D eigenvalue weighted by molar-refractivity contribution is 9.09. The summed E-state index contributed by atoms with van der Waals surface area (Å²) < 4.78 is 2.00. The molecule has 4 heteroatoms. The number of hydrogen-bond donors (Lipinski definition) is 0. The zero-order valence-corrected chi connectivity index (χ0v) is 9.86. The molecule has 0 aliphatic heterocycles. The van der Waals surface area contributed by atoms with Crippen molar-refractivity contribution in [2.24, 2.45) is 0 Å². The molecule has 0 saturated heterocycles. The molecule has 1 fully saturated rings. The van der Waals surface area contributed by atoms with Crippen LogP contribution in [0.2, 0.25) is 0 Å². The molecule has 1 saturated carbocycles. The third-order valence-electron chi connectivity index (χ3n) is 2.61. The van der Waals surface area contributed by atoms with E-state index in [1.807, 2.05) is 23.1 Å². The molecule has 3 nitrogen and oxygen atoms in total. The second-order valence-electron chi connectivity index (χ2n) is 3.73. The number of hydrogen-bond acceptors (Lipinski definition) is 2. The topological polar surface area (TPSA) is 21.1 Å². The normalized spacial score (nSPS) is 16.4. The molecule has 0 bridgehead atoms. The molecule has 0 amide bonds. The van der Waals surface area contributed by atoms with E-state index in [-0.39, 0.29) is 0 Å². The second-order valence-corrected chi connectivity index (χ2v) is 4.52. The highest BCUT2D eigenvalue weighted by Gasteiger charge is 2.27. The van der Waals surface area contributed by atoms with Crippen molar-refractivity contribution < 1.29 is 0 Å². The summed E-state index contributed by atoms with van der Waals surface area (Å²) in [5, 5.41) is 5.28. The minimum absolute atomic E-state index is 0.850. The van der Waals surface area contributed by atoms with Crippen LogP contribution in [-0.4, -0.2) is 39.1 Å². The van der Waals surface area contributed by atoms with E-state index in [9.17, 15) is 0 Å². The molecule has 1 aromatic heterocycles. The zero-order valence-electron chi connectivity index (χ0n) is 8.27. The summed E-state index contributed by atoms with van der Waals surface area (Å²) in [6.45, 7) is 3.29. The van der Waals surface area contributed by atoms with Crippen LogP contribution in [-0.2, 0) is 6.54 Å². The van der Waals surface area contributed by atoms with Gasteiger partial charge < -0.3 is 0 Å². The van der Waals surface area contributed by atoms with Crippen LogP contribution in [0.15, 0.2) is 18.5 Å². The molecule has 0 spiro atoms. The lowest BCUT2D eigenvalue weighted by Gasteiger charge is -2.20. The van der Waals surface area contributed by atoms with Crippen molar-refractivity contribution in [3.05, 3.63) is 18.5 Å². The first-order valence-electron chi connectivity index (χ1n) is 5.17. The number of nitrogens with zero attached hydrogens (tertiary/aromatic N) is 3. The number of alkyl halides is 1. The SMILES string of the molecule is BrCCN(CCn1cccn1)C1CC1. The minimum Gasteiger partial charge on any atom is -0.298 e. The Hall–Kier alpha value is -0.350. The fourth-order valence-corrected chi connectivity index (χ4v) is 2.14. The predicted molar refractivity (Wildman–Crippen MR) is 60.6 cm³/mol. The van der Waals surface area contributed by atoms with Crippen molar-refractivity contribution in [1.82, 2.24) is 14.7 Å². The molecule has 78 valence electrons. The van der Waals surface area contributed by atoms with Crippen LogP contribution in [0.1, 0.15) is 12.8 Å². The fraction of sp³-hybridized carbons (Fsp3) is 0.700. The Morgan fingerprint density at radius 3 is 2.86 bits per heavy atom. The van der Waals surface area contributed by atoms with Crippen LogP contribution >= 0.6 is 15.9 Å². The molecule has 1 aromatic rings. The van der Waals surface area contributed by atoms with E-state index in [1.54, 1.807) is 0 Å². The number of rotatable bonds is 6. The standard InChI is InChI=1S/C10H16BrN3/c11-4-7-13(10-2-3-10)8-9-14-6-1-5-12-14/h1,5-6,10H,2-4,7-9H2. The maximum Gasteiger partial charge on any atom is 0.0536 e. The van der Waals surface area contributed by atoms with Crippen LogP contribution in [0, 0.1) is 0 Å². The monoisotopic (exact) mass is 257 g/mol. The molecular formula is C10H16BrN3. The van der Waals surface area contributed by atoms with Gasteiger partial charge in [0.25, 0.3) is 0 Å². The van der Waals surface area contributed by atoms with Gasteiger partial charge in [-0.05, 0) is 18.9 Å². The van der Waals surface area contributed by atoms with Gasteiger partial charge in [-0.2, -0.15) is 5.10 Å². The Balaban J connectivity index is 1.76. The van der Waals surface area contributed by atoms with Crippen LogP contribution in [0.25, 0.3) is 0 Å². The second kappa shape index (κ2) is 4.94. The Labute approximate surface area is 93.2 Å². The first-order chi connectivity index (χ1) is 6.90. The highest BCUT2D eigenvalue weighted by atomic mass is 79.9. The third-order valence-corrected chi connectivity index (χ3v) is 2.97. The molecule has 0 aromatic carbocycles. The molecule has 1 aliphatic rings. The Morgan fingerprint density at radius 2 is 2.29 bits per heavy atom. The third kappa shape index (κ3) is 2.82. The van der Waals surface area contributed by atoms with E-state index < -0.39 is 0 Å². The highest BCUT2D eigenvalue weighted by Crippen LogP contribution is 2.26. The lowest BCUT2D eigenvalue weighted by molar-refractivity contribution is 0.264. The van der Waals surface area contributed by atoms with E-state index in [1.165, 1.54) is 12.8 Å². The fourth-order valence-electron chi connectivity index (χ4n) is 1.69. The lowest BCUT2D eigenvalue weighted by Crippen LogP contribution is -2.31. The van der Waals surface area contributed by atoms with Gasteiger partial charge in [-0.1, -0.05) is 15.9 Å². The summed E-state index contributed by atoms with van der Waals surface area (Å²) in [5.41, 5.74) is 0. The van der Waals surface area contributed by atoms with Gasteiger partial charge in [0, 0.05) is 36.9 Å². The van der Waals surface area contributed by atoms with Crippen LogP contribution in [0.3, 0.4) is 0 Å². The molecule has 0 unspecified atom stereocenters. The molecule has 0 N–H and O–H groups in total. The van der Waals surface area contributed by atoms with E-state index >= 15 is 0 Å². The average molecular weight is 258 g/mol. The van der Waals surface area contributed by atoms with Crippen molar-refractivity contribution in [2.75, 3.05) is 18.4 Å². The summed E-state index contributed by atoms with van der Waals surface area (Å²) in [7, 11) is 0. The van der Waals surface area contributed by atoms with Gasteiger partial charge in [0.2, 0.25) is 0 Å². The Morgan fingerprint density at radius 1 is 1.43 bits per heavy atom. The molecule has 14 heavy (non-hydrogen) atoms. The summed E-state index contributed by atoms with van der Waals surface area (Å²) in [4.78, 5) is 2.55. The van der Waals surface area contributed by atoms with Gasteiger partial charge in [-0.15, -0.1) is 0 Å². The molecule has 0 atom stereocenters. The zero-order chi connectivity index (χ0) is 9.80. The van der Waals surface area contributed by atoms with Gasteiger partial charge in [-0.3, -0.25) is 9.58 Å². The first kappa shape index (κ1) is 10.2. The number of aromatic nitrogens is 2. The maximum absolute atomic E-state index is 4.21. The largest absolute Gasteiger partial charge is 0.298 e. The molecule has 1 aliphatic carbocycles. The van der Waals surface area contributed by atoms with Crippen molar-refractivity contribution >= 4 is 15.9 Å². The van der Waals surface area contributed by atoms with Gasteiger partial charge in [0.15, 0.2) is 0 Å². The summed E-state index contributed by atoms with van der Waals surface area (Å²) >= 11 is 3.50. The van der Waals surface area contributed by atoms with Crippen LogP contribution < -0.4 is 0 Å².